The number of piperidine rings is 1. The van der Waals surface area contributed by atoms with Crippen LogP contribution >= 0.6 is 24.0 Å². The highest BCUT2D eigenvalue weighted by Gasteiger charge is 2.22. The fourth-order valence-electron chi connectivity index (χ4n) is 3.68. The lowest BCUT2D eigenvalue weighted by molar-refractivity contribution is 0.00989. The summed E-state index contributed by atoms with van der Waals surface area (Å²) in [6.07, 6.45) is 3.43. The van der Waals surface area contributed by atoms with Gasteiger partial charge in [-0.25, -0.2) is 0 Å². The second-order valence-corrected chi connectivity index (χ2v) is 7.18. The minimum atomic E-state index is 0. The smallest absolute Gasteiger partial charge is 0.193 e. The maximum Gasteiger partial charge on any atom is 0.193 e. The van der Waals surface area contributed by atoms with Crippen molar-refractivity contribution in [3.05, 3.63) is 34.4 Å². The molecule has 0 aromatic heterocycles. The first-order valence-corrected chi connectivity index (χ1v) is 9.68. The van der Waals surface area contributed by atoms with E-state index in [4.69, 9.17) is 9.47 Å². The van der Waals surface area contributed by atoms with Crippen molar-refractivity contribution in [1.82, 2.24) is 10.2 Å². The largest absolute Gasteiger partial charge is 0.385 e. The van der Waals surface area contributed by atoms with Gasteiger partial charge in [-0.15, -0.1) is 24.0 Å². The first kappa shape index (κ1) is 24.2. The van der Waals surface area contributed by atoms with Gasteiger partial charge < -0.3 is 19.7 Å². The fraction of sp³-hybridized carbons (Fsp3) is 0.667. The molecule has 0 saturated carbocycles. The van der Waals surface area contributed by atoms with Crippen LogP contribution in [0.1, 0.15) is 41.5 Å². The lowest BCUT2D eigenvalue weighted by Gasteiger charge is -2.34. The number of benzene rings is 1. The molecular formula is C21H36IN3O2. The minimum Gasteiger partial charge on any atom is -0.385 e. The number of aliphatic imine (C=N–C) groups is 1. The molecule has 0 unspecified atom stereocenters. The molecule has 154 valence electrons. The van der Waals surface area contributed by atoms with Crippen LogP contribution in [0.4, 0.5) is 0 Å². The van der Waals surface area contributed by atoms with E-state index in [1.807, 2.05) is 7.05 Å². The Balaban J connectivity index is 0.00000364. The number of guanidine groups is 1. The monoisotopic (exact) mass is 489 g/mol. The third-order valence-electron chi connectivity index (χ3n) is 5.06. The van der Waals surface area contributed by atoms with E-state index in [9.17, 15) is 0 Å². The Labute approximate surface area is 181 Å². The average molecular weight is 489 g/mol. The maximum absolute atomic E-state index is 5.95. The fourth-order valence-corrected chi connectivity index (χ4v) is 3.68. The molecule has 0 spiro atoms. The SMILES string of the molecule is CN=C(NCc1c(C)cc(C)cc1C)N1CCC(OCCCOC)CC1.I. The van der Waals surface area contributed by atoms with Crippen LogP contribution < -0.4 is 5.32 Å². The van der Waals surface area contributed by atoms with Crippen LogP contribution in [0.3, 0.4) is 0 Å². The number of rotatable bonds is 7. The highest BCUT2D eigenvalue weighted by Crippen LogP contribution is 2.17. The van der Waals surface area contributed by atoms with Crippen LogP contribution in [0.15, 0.2) is 17.1 Å². The molecule has 27 heavy (non-hydrogen) atoms. The summed E-state index contributed by atoms with van der Waals surface area (Å²) in [5, 5.41) is 3.55. The van der Waals surface area contributed by atoms with Crippen LogP contribution in [-0.2, 0) is 16.0 Å². The van der Waals surface area contributed by atoms with Crippen LogP contribution in [0, 0.1) is 20.8 Å². The molecule has 0 amide bonds. The summed E-state index contributed by atoms with van der Waals surface area (Å²) in [5.74, 6) is 0.988. The predicted molar refractivity (Wildman–Crippen MR) is 123 cm³/mol. The molecule has 1 aliphatic heterocycles. The van der Waals surface area contributed by atoms with Crippen molar-refractivity contribution in [2.24, 2.45) is 4.99 Å². The molecule has 0 atom stereocenters. The normalized spacial score (nSPS) is 15.6. The van der Waals surface area contributed by atoms with Crippen LogP contribution in [0.2, 0.25) is 0 Å². The molecule has 1 fully saturated rings. The Hall–Kier alpha value is -0.860. The number of hydrogen-bond acceptors (Lipinski definition) is 3. The van der Waals surface area contributed by atoms with E-state index in [1.165, 1.54) is 22.3 Å². The van der Waals surface area contributed by atoms with Gasteiger partial charge in [0.25, 0.3) is 0 Å². The molecule has 2 rings (SSSR count). The second-order valence-electron chi connectivity index (χ2n) is 7.18. The highest BCUT2D eigenvalue weighted by atomic mass is 127. The van der Waals surface area contributed by atoms with Gasteiger partial charge in [-0.2, -0.15) is 0 Å². The summed E-state index contributed by atoms with van der Waals surface area (Å²) < 4.78 is 11.0. The number of nitrogens with one attached hydrogen (secondary N) is 1. The second kappa shape index (κ2) is 12.6. The van der Waals surface area contributed by atoms with E-state index in [-0.39, 0.29) is 24.0 Å². The Kier molecular flexibility index (Phi) is 11.3. The summed E-state index contributed by atoms with van der Waals surface area (Å²) in [6, 6.07) is 4.50. The third-order valence-corrected chi connectivity index (χ3v) is 5.06. The standard InChI is InChI=1S/C21H35N3O2.HI/c1-16-13-17(2)20(18(3)14-16)15-23-21(22-4)24-9-7-19(8-10-24)26-12-6-11-25-5;/h13-14,19H,6-12,15H2,1-5H3,(H,22,23);1H. The van der Waals surface area contributed by atoms with Crippen molar-refractivity contribution in [2.75, 3.05) is 40.5 Å². The van der Waals surface area contributed by atoms with E-state index in [0.29, 0.717) is 6.10 Å². The van der Waals surface area contributed by atoms with Crippen molar-refractivity contribution >= 4 is 29.9 Å². The van der Waals surface area contributed by atoms with E-state index >= 15 is 0 Å². The van der Waals surface area contributed by atoms with E-state index in [0.717, 1.165) is 58.1 Å². The molecule has 5 nitrogen and oxygen atoms in total. The van der Waals surface area contributed by atoms with Gasteiger partial charge in [0.15, 0.2) is 5.96 Å². The lowest BCUT2D eigenvalue weighted by atomic mass is 10.00. The quantitative estimate of drug-likeness (QED) is 0.274. The number of ether oxygens (including phenoxy) is 2. The van der Waals surface area contributed by atoms with Crippen LogP contribution in [0.25, 0.3) is 0 Å². The van der Waals surface area contributed by atoms with E-state index < -0.39 is 0 Å². The van der Waals surface area contributed by atoms with Crippen LogP contribution in [-0.4, -0.2) is 57.4 Å². The third kappa shape index (κ3) is 7.58. The summed E-state index contributed by atoms with van der Waals surface area (Å²) in [5.41, 5.74) is 5.37. The van der Waals surface area contributed by atoms with E-state index in [2.05, 4.69) is 48.1 Å². The molecule has 1 aromatic rings. The number of hydrogen-bond donors (Lipinski definition) is 1. The lowest BCUT2D eigenvalue weighted by Crippen LogP contribution is -2.46. The molecule has 1 aliphatic rings. The van der Waals surface area contributed by atoms with Gasteiger partial charge in [0.1, 0.15) is 0 Å². The van der Waals surface area contributed by atoms with Crippen molar-refractivity contribution in [1.29, 1.82) is 0 Å². The maximum atomic E-state index is 5.95. The number of likely N-dealkylation sites (tertiary alicyclic amines) is 1. The van der Waals surface area contributed by atoms with Crippen molar-refractivity contribution in [3.8, 4) is 0 Å². The topological polar surface area (TPSA) is 46.1 Å². The molecule has 0 radical (unpaired) electrons. The van der Waals surface area contributed by atoms with Gasteiger partial charge in [0.2, 0.25) is 0 Å². The Morgan fingerprint density at radius 2 is 1.78 bits per heavy atom. The van der Waals surface area contributed by atoms with Crippen molar-refractivity contribution in [3.63, 3.8) is 0 Å². The molecule has 1 aromatic carbocycles. The molecule has 1 N–H and O–H groups in total. The minimum absolute atomic E-state index is 0. The first-order chi connectivity index (χ1) is 12.5. The van der Waals surface area contributed by atoms with Crippen LogP contribution in [0.5, 0.6) is 0 Å². The molecule has 1 saturated heterocycles. The Morgan fingerprint density at radius 1 is 1.15 bits per heavy atom. The van der Waals surface area contributed by atoms with Gasteiger partial charge >= 0.3 is 0 Å². The van der Waals surface area contributed by atoms with Gasteiger partial charge in [-0.3, -0.25) is 4.99 Å². The predicted octanol–water partition coefficient (Wildman–Crippen LogP) is 3.82. The molecule has 0 aliphatic carbocycles. The summed E-state index contributed by atoms with van der Waals surface area (Å²) in [6.45, 7) is 10.9. The van der Waals surface area contributed by atoms with Gasteiger partial charge in [-0.1, -0.05) is 17.7 Å². The van der Waals surface area contributed by atoms with E-state index in [1.54, 1.807) is 7.11 Å². The number of aryl methyl sites for hydroxylation is 3. The summed E-state index contributed by atoms with van der Waals surface area (Å²) in [4.78, 5) is 6.83. The van der Waals surface area contributed by atoms with Crippen molar-refractivity contribution in [2.45, 2.75) is 52.7 Å². The van der Waals surface area contributed by atoms with Crippen molar-refractivity contribution < 1.29 is 9.47 Å². The zero-order chi connectivity index (χ0) is 18.9. The molecule has 0 bridgehead atoms. The first-order valence-electron chi connectivity index (χ1n) is 9.68. The average Bonchev–Trinajstić information content (AvgIpc) is 2.62. The molecular weight excluding hydrogens is 453 g/mol. The summed E-state index contributed by atoms with van der Waals surface area (Å²) in [7, 11) is 3.60. The van der Waals surface area contributed by atoms with Gasteiger partial charge in [-0.05, 0) is 56.7 Å². The number of halogens is 1. The zero-order valence-electron chi connectivity index (χ0n) is 17.5. The zero-order valence-corrected chi connectivity index (χ0v) is 19.8. The molecule has 6 heteroatoms. The number of methoxy groups -OCH3 is 1. The molecule has 1 heterocycles. The Morgan fingerprint density at radius 3 is 2.33 bits per heavy atom. The van der Waals surface area contributed by atoms with Gasteiger partial charge in [0, 0.05) is 47.0 Å². The number of nitrogens with zero attached hydrogens (tertiary/aromatic N) is 2. The Bertz CT molecular complexity index is 576. The summed E-state index contributed by atoms with van der Waals surface area (Å²) >= 11 is 0. The highest BCUT2D eigenvalue weighted by molar-refractivity contribution is 14.0. The van der Waals surface area contributed by atoms with Gasteiger partial charge in [0.05, 0.1) is 6.10 Å².